The van der Waals surface area contributed by atoms with Gasteiger partial charge in [-0.25, -0.2) is 9.69 Å². The first kappa shape index (κ1) is 19.6. The first-order valence-corrected chi connectivity index (χ1v) is 9.07. The van der Waals surface area contributed by atoms with Crippen molar-refractivity contribution >= 4 is 45.5 Å². The van der Waals surface area contributed by atoms with E-state index in [1.165, 1.54) is 25.3 Å². The molecule has 4 amide bonds. The Morgan fingerprint density at radius 2 is 1.86 bits per heavy atom. The van der Waals surface area contributed by atoms with E-state index in [0.29, 0.717) is 15.7 Å². The van der Waals surface area contributed by atoms with Crippen molar-refractivity contribution in [3.63, 3.8) is 0 Å². The van der Waals surface area contributed by atoms with Crippen LogP contribution in [-0.4, -0.2) is 30.1 Å². The van der Waals surface area contributed by atoms with Crippen LogP contribution in [0.15, 0.2) is 40.4 Å². The fourth-order valence-electron chi connectivity index (χ4n) is 2.84. The Kier molecular flexibility index (Phi) is 5.24. The maximum atomic E-state index is 13.0. The highest BCUT2D eigenvalue weighted by atomic mass is 79.9. The molecule has 1 fully saturated rings. The molecule has 0 saturated carbocycles. The number of carbonyl (C=O) groups excluding carboxylic acids is 3. The van der Waals surface area contributed by atoms with Crippen molar-refractivity contribution in [2.75, 3.05) is 12.0 Å². The van der Waals surface area contributed by atoms with Gasteiger partial charge in [0.2, 0.25) is 0 Å². The number of methoxy groups -OCH3 is 1. The summed E-state index contributed by atoms with van der Waals surface area (Å²) in [6.07, 6.45) is 1.34. The molecule has 2 N–H and O–H groups in total. The zero-order chi connectivity index (χ0) is 20.6. The van der Waals surface area contributed by atoms with Crippen LogP contribution in [0.3, 0.4) is 0 Å². The highest BCUT2D eigenvalue weighted by molar-refractivity contribution is 9.10. The summed E-state index contributed by atoms with van der Waals surface area (Å²) in [7, 11) is 1.39. The molecule has 0 atom stereocenters. The summed E-state index contributed by atoms with van der Waals surface area (Å²) >= 11 is 3.20. The van der Waals surface area contributed by atoms with Crippen molar-refractivity contribution in [3.05, 3.63) is 57.1 Å². The number of urea groups is 1. The summed E-state index contributed by atoms with van der Waals surface area (Å²) in [5, 5.41) is 12.1. The van der Waals surface area contributed by atoms with E-state index in [9.17, 15) is 19.5 Å². The summed E-state index contributed by atoms with van der Waals surface area (Å²) in [6, 6.07) is 7.59. The van der Waals surface area contributed by atoms with Gasteiger partial charge in [0.25, 0.3) is 11.8 Å². The van der Waals surface area contributed by atoms with Gasteiger partial charge < -0.3 is 9.84 Å². The summed E-state index contributed by atoms with van der Waals surface area (Å²) in [4.78, 5) is 38.6. The number of amides is 4. The second-order valence-corrected chi connectivity index (χ2v) is 7.16. The number of nitrogens with zero attached hydrogens (tertiary/aromatic N) is 1. The van der Waals surface area contributed by atoms with E-state index in [1.807, 2.05) is 13.0 Å². The maximum absolute atomic E-state index is 13.0. The largest absolute Gasteiger partial charge is 0.503 e. The quantitative estimate of drug-likeness (QED) is 0.558. The second kappa shape index (κ2) is 7.47. The molecule has 28 heavy (non-hydrogen) atoms. The molecule has 0 radical (unpaired) electrons. The van der Waals surface area contributed by atoms with E-state index in [2.05, 4.69) is 21.2 Å². The molecular weight excluding hydrogens is 428 g/mol. The van der Waals surface area contributed by atoms with Crippen LogP contribution in [0.5, 0.6) is 11.5 Å². The highest BCUT2D eigenvalue weighted by Gasteiger charge is 2.37. The average molecular weight is 445 g/mol. The lowest BCUT2D eigenvalue weighted by Gasteiger charge is -2.27. The number of rotatable bonds is 3. The lowest BCUT2D eigenvalue weighted by Crippen LogP contribution is -2.54. The zero-order valence-corrected chi connectivity index (χ0v) is 17.0. The van der Waals surface area contributed by atoms with Crippen molar-refractivity contribution in [2.45, 2.75) is 13.8 Å². The Labute approximate surface area is 169 Å². The minimum absolute atomic E-state index is 0.101. The van der Waals surface area contributed by atoms with E-state index in [-0.39, 0.29) is 17.1 Å². The van der Waals surface area contributed by atoms with Crippen LogP contribution >= 0.6 is 15.9 Å². The van der Waals surface area contributed by atoms with Gasteiger partial charge >= 0.3 is 6.03 Å². The number of aryl methyl sites for hydroxylation is 2. The van der Waals surface area contributed by atoms with Crippen LogP contribution < -0.4 is 15.0 Å². The predicted molar refractivity (Wildman–Crippen MR) is 107 cm³/mol. The predicted octanol–water partition coefficient (Wildman–Crippen LogP) is 3.45. The summed E-state index contributed by atoms with van der Waals surface area (Å²) in [5.41, 5.74) is 2.23. The van der Waals surface area contributed by atoms with Gasteiger partial charge in [-0.2, -0.15) is 0 Å². The van der Waals surface area contributed by atoms with Crippen LogP contribution in [0, 0.1) is 13.8 Å². The molecule has 2 aromatic carbocycles. The Morgan fingerprint density at radius 3 is 2.54 bits per heavy atom. The number of phenols is 1. The molecule has 2 aromatic rings. The molecule has 0 aliphatic carbocycles. The fraction of sp³-hybridized carbons (Fsp3) is 0.150. The number of halogens is 1. The van der Waals surface area contributed by atoms with Gasteiger partial charge in [-0.05, 0) is 70.7 Å². The van der Waals surface area contributed by atoms with E-state index in [0.717, 1.165) is 16.0 Å². The number of carbonyl (C=O) groups is 3. The van der Waals surface area contributed by atoms with E-state index < -0.39 is 17.8 Å². The number of nitrogens with one attached hydrogen (secondary N) is 1. The Morgan fingerprint density at radius 1 is 1.14 bits per heavy atom. The Bertz CT molecular complexity index is 1050. The molecule has 1 heterocycles. The Hall–Kier alpha value is -3.13. The number of barbiturate groups is 1. The molecule has 0 bridgehead atoms. The molecule has 0 unspecified atom stereocenters. The number of anilines is 1. The number of benzene rings is 2. The number of aromatic hydroxyl groups is 1. The SMILES string of the molecule is COc1cc(C=C2C(=O)NC(=O)N(c3cc(C)ccc3C)C2=O)cc(Br)c1O. The summed E-state index contributed by atoms with van der Waals surface area (Å²) in [5.74, 6) is -1.45. The van der Waals surface area contributed by atoms with Crippen LogP contribution in [0.25, 0.3) is 6.08 Å². The van der Waals surface area contributed by atoms with Crippen molar-refractivity contribution < 1.29 is 24.2 Å². The maximum Gasteiger partial charge on any atom is 0.335 e. The topological polar surface area (TPSA) is 95.9 Å². The molecule has 1 aliphatic heterocycles. The minimum Gasteiger partial charge on any atom is -0.503 e. The third-order valence-corrected chi connectivity index (χ3v) is 4.89. The highest BCUT2D eigenvalue weighted by Crippen LogP contribution is 2.36. The molecular formula is C20H17BrN2O5. The third kappa shape index (κ3) is 3.50. The molecule has 144 valence electrons. The minimum atomic E-state index is -0.801. The monoisotopic (exact) mass is 444 g/mol. The van der Waals surface area contributed by atoms with Gasteiger partial charge in [-0.1, -0.05) is 12.1 Å². The molecule has 7 nitrogen and oxygen atoms in total. The average Bonchev–Trinajstić information content (AvgIpc) is 2.64. The summed E-state index contributed by atoms with van der Waals surface area (Å²) in [6.45, 7) is 3.62. The zero-order valence-electron chi connectivity index (χ0n) is 15.4. The standard InChI is InChI=1S/C20H17BrN2O5/c1-10-4-5-11(2)15(6-10)23-19(26)13(18(25)22-20(23)27)7-12-8-14(21)17(24)16(9-12)28-3/h4-9,24H,1-3H3,(H,22,25,27). The fourth-order valence-corrected chi connectivity index (χ4v) is 3.30. The summed E-state index contributed by atoms with van der Waals surface area (Å²) < 4.78 is 5.42. The molecule has 0 aromatic heterocycles. The van der Waals surface area contributed by atoms with E-state index in [4.69, 9.17) is 4.74 Å². The van der Waals surface area contributed by atoms with Gasteiger partial charge in [0.05, 0.1) is 17.3 Å². The molecule has 0 spiro atoms. The number of imide groups is 2. The normalized spacial score (nSPS) is 15.8. The van der Waals surface area contributed by atoms with Crippen molar-refractivity contribution in [1.82, 2.24) is 5.32 Å². The number of hydrogen-bond donors (Lipinski definition) is 2. The smallest absolute Gasteiger partial charge is 0.335 e. The van der Waals surface area contributed by atoms with Gasteiger partial charge in [-0.15, -0.1) is 0 Å². The Balaban J connectivity index is 2.09. The lowest BCUT2D eigenvalue weighted by atomic mass is 10.0. The number of phenolic OH excluding ortho intramolecular Hbond substituents is 1. The number of hydrogen-bond acceptors (Lipinski definition) is 5. The van der Waals surface area contributed by atoms with Crippen molar-refractivity contribution in [1.29, 1.82) is 0 Å². The van der Waals surface area contributed by atoms with Crippen LogP contribution in [0.2, 0.25) is 0 Å². The van der Waals surface area contributed by atoms with Crippen LogP contribution in [0.1, 0.15) is 16.7 Å². The van der Waals surface area contributed by atoms with Crippen molar-refractivity contribution in [2.24, 2.45) is 0 Å². The van der Waals surface area contributed by atoms with E-state index in [1.54, 1.807) is 19.1 Å². The third-order valence-electron chi connectivity index (χ3n) is 4.29. The van der Waals surface area contributed by atoms with Gasteiger partial charge in [0.15, 0.2) is 11.5 Å². The molecule has 8 heteroatoms. The van der Waals surface area contributed by atoms with Crippen molar-refractivity contribution in [3.8, 4) is 11.5 Å². The molecule has 1 saturated heterocycles. The first-order valence-electron chi connectivity index (χ1n) is 8.28. The van der Waals surface area contributed by atoms with Gasteiger partial charge in [-0.3, -0.25) is 14.9 Å². The number of ether oxygens (including phenoxy) is 1. The van der Waals surface area contributed by atoms with E-state index >= 15 is 0 Å². The molecule has 1 aliphatic rings. The second-order valence-electron chi connectivity index (χ2n) is 6.30. The van der Waals surface area contributed by atoms with Crippen LogP contribution in [-0.2, 0) is 9.59 Å². The van der Waals surface area contributed by atoms with Gasteiger partial charge in [0, 0.05) is 0 Å². The van der Waals surface area contributed by atoms with Gasteiger partial charge in [0.1, 0.15) is 5.57 Å². The van der Waals surface area contributed by atoms with Crippen LogP contribution in [0.4, 0.5) is 10.5 Å². The lowest BCUT2D eigenvalue weighted by molar-refractivity contribution is -0.122. The first-order chi connectivity index (χ1) is 13.2. The molecule has 3 rings (SSSR count).